The average molecular weight is 622 g/mol. The van der Waals surface area contributed by atoms with Crippen molar-refractivity contribution in [2.75, 3.05) is 52.8 Å². The Morgan fingerprint density at radius 3 is 2.41 bits per heavy atom. The first-order chi connectivity index (χ1) is 22.3. The summed E-state index contributed by atoms with van der Waals surface area (Å²) in [4.78, 5) is 28.4. The van der Waals surface area contributed by atoms with Gasteiger partial charge in [0, 0.05) is 62.3 Å². The molecule has 10 nitrogen and oxygen atoms in total. The Labute approximate surface area is 269 Å². The van der Waals surface area contributed by atoms with Gasteiger partial charge in [-0.25, -0.2) is 9.97 Å². The molecule has 0 bridgehead atoms. The Balaban J connectivity index is 1.12. The highest BCUT2D eigenvalue weighted by molar-refractivity contribution is 6.07. The molecule has 0 radical (unpaired) electrons. The summed E-state index contributed by atoms with van der Waals surface area (Å²) in [6.07, 6.45) is 8.81. The number of fused-ring (bicyclic) bond motifs is 2. The van der Waals surface area contributed by atoms with Crippen LogP contribution in [0.5, 0.6) is 11.5 Å². The van der Waals surface area contributed by atoms with Crippen LogP contribution >= 0.6 is 0 Å². The quantitative estimate of drug-likeness (QED) is 0.248. The number of aromatic nitrogens is 4. The summed E-state index contributed by atoms with van der Waals surface area (Å²) in [5.41, 5.74) is 5.77. The molecule has 2 aliphatic rings. The summed E-state index contributed by atoms with van der Waals surface area (Å²) < 4.78 is 15.4. The molecule has 1 saturated carbocycles. The second-order valence-electron chi connectivity index (χ2n) is 12.8. The molecule has 4 heterocycles. The summed E-state index contributed by atoms with van der Waals surface area (Å²) in [6.45, 7) is 6.72. The van der Waals surface area contributed by atoms with Crippen LogP contribution in [0.15, 0.2) is 54.9 Å². The van der Waals surface area contributed by atoms with E-state index in [4.69, 9.17) is 19.4 Å². The third-order valence-electron chi connectivity index (χ3n) is 10.1. The molecule has 1 N–H and O–H groups in total. The van der Waals surface area contributed by atoms with Crippen molar-refractivity contribution in [3.63, 3.8) is 0 Å². The number of carbonyl (C=O) groups is 1. The summed E-state index contributed by atoms with van der Waals surface area (Å²) in [6, 6.07) is 14.1. The molecular formula is C36H43N7O3. The minimum absolute atomic E-state index is 0.229. The summed E-state index contributed by atoms with van der Waals surface area (Å²) >= 11 is 0. The fourth-order valence-corrected chi connectivity index (χ4v) is 7.36. The Morgan fingerprint density at radius 2 is 1.67 bits per heavy atom. The second kappa shape index (κ2) is 12.4. The van der Waals surface area contributed by atoms with Crippen molar-refractivity contribution < 1.29 is 14.3 Å². The normalized spacial score (nSPS) is 19.5. The number of imidazole rings is 1. The first-order valence-electron chi connectivity index (χ1n) is 16.2. The molecule has 2 aromatic carbocycles. The molecule has 1 saturated heterocycles. The lowest BCUT2D eigenvalue weighted by molar-refractivity contribution is 0.0872. The third kappa shape index (κ3) is 5.49. The molecule has 10 heteroatoms. The molecule has 0 spiro atoms. The van der Waals surface area contributed by atoms with Crippen LogP contribution < -0.4 is 14.8 Å². The van der Waals surface area contributed by atoms with Gasteiger partial charge in [-0.1, -0.05) is 12.1 Å². The zero-order valence-corrected chi connectivity index (χ0v) is 27.4. The van der Waals surface area contributed by atoms with Crippen molar-refractivity contribution in [3.05, 3.63) is 72.1 Å². The van der Waals surface area contributed by atoms with Crippen LogP contribution in [0.1, 0.15) is 53.6 Å². The predicted octanol–water partition coefficient (Wildman–Crippen LogP) is 5.74. The van der Waals surface area contributed by atoms with E-state index < -0.39 is 0 Å². The van der Waals surface area contributed by atoms with E-state index in [0.717, 1.165) is 70.9 Å². The van der Waals surface area contributed by atoms with E-state index in [1.165, 1.54) is 25.9 Å². The smallest absolute Gasteiger partial charge is 0.272 e. The molecular weight excluding hydrogens is 578 g/mol. The number of rotatable bonds is 7. The van der Waals surface area contributed by atoms with Crippen molar-refractivity contribution in [2.45, 2.75) is 44.6 Å². The molecule has 0 atom stereocenters. The van der Waals surface area contributed by atoms with Crippen molar-refractivity contribution in [1.82, 2.24) is 28.7 Å². The van der Waals surface area contributed by atoms with E-state index >= 15 is 0 Å². The standard InChI is InChI=1S/C36H43N7O3/c1-23-32-21-37-35(24-9-12-26(13-10-24)42-17-15-40(2)16-18-42)43(32)22-29(38-23)25-11-14-28(34(19-25)46-5)39-36(44)31-20-27-30(41(31)3)7-6-8-33(27)45-4/h6-8,11,14,19-22,24,26H,9-10,12-13,15-18H2,1-5H3,(H,39,44). The average Bonchev–Trinajstić information content (AvgIpc) is 3.67. The number of hydrogen-bond donors (Lipinski definition) is 1. The number of amides is 1. The number of nitrogens with one attached hydrogen (secondary N) is 1. The lowest BCUT2D eigenvalue weighted by Gasteiger charge is -2.41. The molecule has 3 aromatic heterocycles. The molecule has 1 aliphatic carbocycles. The molecule has 46 heavy (non-hydrogen) atoms. The Hall–Kier alpha value is -4.41. The number of likely N-dealkylation sites (N-methyl/N-ethyl adjacent to an activating group) is 1. The van der Waals surface area contributed by atoms with Gasteiger partial charge in [0.15, 0.2) is 0 Å². The van der Waals surface area contributed by atoms with Gasteiger partial charge >= 0.3 is 0 Å². The van der Waals surface area contributed by atoms with Gasteiger partial charge in [-0.2, -0.15) is 0 Å². The van der Waals surface area contributed by atoms with Gasteiger partial charge in [0.25, 0.3) is 5.91 Å². The van der Waals surface area contributed by atoms with Crippen LogP contribution in [0.2, 0.25) is 0 Å². The van der Waals surface area contributed by atoms with Gasteiger partial charge in [-0.05, 0) is 70.0 Å². The van der Waals surface area contributed by atoms with E-state index in [1.807, 2.05) is 67.2 Å². The van der Waals surface area contributed by atoms with Crippen LogP contribution in [0.25, 0.3) is 27.7 Å². The monoisotopic (exact) mass is 621 g/mol. The first-order valence-corrected chi connectivity index (χ1v) is 16.2. The summed E-state index contributed by atoms with van der Waals surface area (Å²) in [5, 5.41) is 3.93. The van der Waals surface area contributed by atoms with E-state index in [1.54, 1.807) is 14.2 Å². The van der Waals surface area contributed by atoms with Gasteiger partial charge < -0.3 is 24.3 Å². The van der Waals surface area contributed by atoms with Crippen LogP contribution in [0.4, 0.5) is 5.69 Å². The number of carbonyl (C=O) groups excluding carboxylic acids is 1. The molecule has 1 aliphatic heterocycles. The van der Waals surface area contributed by atoms with E-state index in [9.17, 15) is 4.79 Å². The van der Waals surface area contributed by atoms with E-state index in [0.29, 0.717) is 29.1 Å². The van der Waals surface area contributed by atoms with E-state index in [2.05, 4.69) is 32.8 Å². The van der Waals surface area contributed by atoms with Gasteiger partial charge in [0.1, 0.15) is 23.0 Å². The SMILES string of the molecule is COc1cc(-c2cn3c(C4CCC(N5CCN(C)CC5)CC4)ncc3c(C)n2)ccc1NC(=O)c1cc2c(OC)cccc2n1C. The predicted molar refractivity (Wildman–Crippen MR) is 181 cm³/mol. The highest BCUT2D eigenvalue weighted by atomic mass is 16.5. The third-order valence-corrected chi connectivity index (χ3v) is 10.1. The molecule has 7 rings (SSSR count). The lowest BCUT2D eigenvalue weighted by atomic mass is 9.84. The Kier molecular flexibility index (Phi) is 8.16. The van der Waals surface area contributed by atoms with Crippen molar-refractivity contribution in [3.8, 4) is 22.8 Å². The first kappa shape index (κ1) is 30.3. The second-order valence-corrected chi connectivity index (χ2v) is 12.8. The number of ether oxygens (including phenoxy) is 2. The molecule has 1 amide bonds. The van der Waals surface area contributed by atoms with Crippen LogP contribution in [-0.2, 0) is 7.05 Å². The molecule has 0 unspecified atom stereocenters. The minimum Gasteiger partial charge on any atom is -0.496 e. The minimum atomic E-state index is -0.229. The van der Waals surface area contributed by atoms with Gasteiger partial charge in [-0.3, -0.25) is 14.1 Å². The van der Waals surface area contributed by atoms with Crippen molar-refractivity contribution >= 4 is 28.0 Å². The zero-order chi connectivity index (χ0) is 31.9. The fourth-order valence-electron chi connectivity index (χ4n) is 7.36. The number of benzene rings is 2. The largest absolute Gasteiger partial charge is 0.496 e. The topological polar surface area (TPSA) is 89.2 Å². The molecule has 2 fully saturated rings. The van der Waals surface area contributed by atoms with Crippen LogP contribution in [0.3, 0.4) is 0 Å². The maximum absolute atomic E-state index is 13.4. The fraction of sp³-hybridized carbons (Fsp3) is 0.417. The maximum atomic E-state index is 13.4. The zero-order valence-electron chi connectivity index (χ0n) is 27.4. The number of anilines is 1. The Bertz CT molecular complexity index is 1900. The van der Waals surface area contributed by atoms with Crippen LogP contribution in [0, 0.1) is 6.92 Å². The van der Waals surface area contributed by atoms with Gasteiger partial charge in [-0.15, -0.1) is 0 Å². The summed E-state index contributed by atoms with van der Waals surface area (Å²) in [5.74, 6) is 2.62. The highest BCUT2D eigenvalue weighted by Gasteiger charge is 2.30. The van der Waals surface area contributed by atoms with Gasteiger partial charge in [0.05, 0.1) is 48.5 Å². The number of methoxy groups -OCH3 is 2. The van der Waals surface area contributed by atoms with Crippen molar-refractivity contribution in [1.29, 1.82) is 0 Å². The summed E-state index contributed by atoms with van der Waals surface area (Å²) in [7, 11) is 7.35. The molecule has 5 aromatic rings. The maximum Gasteiger partial charge on any atom is 0.272 e. The number of nitrogens with zero attached hydrogens (tertiary/aromatic N) is 6. The molecule has 240 valence electrons. The highest BCUT2D eigenvalue weighted by Crippen LogP contribution is 2.37. The van der Waals surface area contributed by atoms with E-state index in [-0.39, 0.29) is 5.91 Å². The number of aryl methyl sites for hydroxylation is 2. The number of hydrogen-bond acceptors (Lipinski definition) is 7. The Morgan fingerprint density at radius 1 is 0.913 bits per heavy atom. The lowest BCUT2D eigenvalue weighted by Crippen LogP contribution is -2.49. The number of piperazine rings is 1. The van der Waals surface area contributed by atoms with Crippen molar-refractivity contribution in [2.24, 2.45) is 7.05 Å². The van der Waals surface area contributed by atoms with Gasteiger partial charge in [0.2, 0.25) is 0 Å². The van der Waals surface area contributed by atoms with Crippen LogP contribution in [-0.4, -0.2) is 88.1 Å².